The summed E-state index contributed by atoms with van der Waals surface area (Å²) in [6.07, 6.45) is 3.08. The van der Waals surface area contributed by atoms with E-state index in [4.69, 9.17) is 0 Å². The maximum Gasteiger partial charge on any atom is 0.246 e. The van der Waals surface area contributed by atoms with Crippen molar-refractivity contribution >= 4 is 15.7 Å². The number of hydrogen-bond donors (Lipinski definition) is 0. The van der Waals surface area contributed by atoms with Crippen molar-refractivity contribution in [3.63, 3.8) is 0 Å². The summed E-state index contributed by atoms with van der Waals surface area (Å²) < 4.78 is 24.7. The molecular formula is C9H10N2O2S. The zero-order valence-electron chi connectivity index (χ0n) is 7.77. The molecule has 1 aromatic heterocycles. The number of anilines is 1. The molecule has 2 aliphatic rings. The minimum absolute atomic E-state index is 0.668. The van der Waals surface area contributed by atoms with Crippen LogP contribution >= 0.6 is 0 Å². The fraction of sp³-hybridized carbons (Fsp3) is 0.444. The van der Waals surface area contributed by atoms with Crippen molar-refractivity contribution in [2.75, 3.05) is 11.4 Å². The third kappa shape index (κ3) is 0.671. The van der Waals surface area contributed by atoms with Crippen LogP contribution in [0.2, 0.25) is 0 Å². The molecular weight excluding hydrogens is 200 g/mol. The van der Waals surface area contributed by atoms with E-state index in [2.05, 4.69) is 4.98 Å². The number of pyridine rings is 1. The van der Waals surface area contributed by atoms with Crippen molar-refractivity contribution in [2.45, 2.75) is 17.6 Å². The topological polar surface area (TPSA) is 50.3 Å². The van der Waals surface area contributed by atoms with E-state index < -0.39 is 14.8 Å². The van der Waals surface area contributed by atoms with Crippen molar-refractivity contribution in [3.8, 4) is 0 Å². The molecule has 3 rings (SSSR count). The first-order valence-electron chi connectivity index (χ1n) is 4.54. The fourth-order valence-electron chi connectivity index (χ4n) is 2.12. The predicted octanol–water partition coefficient (Wildman–Crippen LogP) is 0.850. The first-order chi connectivity index (χ1) is 6.59. The second-order valence-corrected chi connectivity index (χ2v) is 6.12. The minimum Gasteiger partial charge on any atom is -0.271 e. The van der Waals surface area contributed by atoms with Crippen LogP contribution in [-0.4, -0.2) is 20.4 Å². The van der Waals surface area contributed by atoms with Gasteiger partial charge in [-0.1, -0.05) is 0 Å². The van der Waals surface area contributed by atoms with E-state index in [9.17, 15) is 8.42 Å². The molecule has 1 spiro atoms. The molecule has 74 valence electrons. The quantitative estimate of drug-likeness (QED) is 0.638. The van der Waals surface area contributed by atoms with Crippen LogP contribution in [0, 0.1) is 0 Å². The van der Waals surface area contributed by atoms with Gasteiger partial charge in [0.05, 0.1) is 11.4 Å². The Morgan fingerprint density at radius 3 is 2.86 bits per heavy atom. The minimum atomic E-state index is -3.18. The molecule has 0 amide bonds. The van der Waals surface area contributed by atoms with E-state index in [-0.39, 0.29) is 0 Å². The van der Waals surface area contributed by atoms with Gasteiger partial charge in [0.2, 0.25) is 10.0 Å². The van der Waals surface area contributed by atoms with Crippen molar-refractivity contribution in [2.24, 2.45) is 0 Å². The predicted molar refractivity (Wildman–Crippen MR) is 52.5 cm³/mol. The van der Waals surface area contributed by atoms with Crippen LogP contribution < -0.4 is 4.31 Å². The van der Waals surface area contributed by atoms with Crippen LogP contribution in [0.4, 0.5) is 5.69 Å². The molecule has 1 aliphatic carbocycles. The van der Waals surface area contributed by atoms with E-state index in [0.29, 0.717) is 12.8 Å². The van der Waals surface area contributed by atoms with E-state index in [1.165, 1.54) is 4.31 Å². The Kier molecular flexibility index (Phi) is 1.24. The molecule has 14 heavy (non-hydrogen) atoms. The first-order valence-corrected chi connectivity index (χ1v) is 5.98. The number of aromatic nitrogens is 1. The molecule has 0 saturated heterocycles. The Bertz CT molecular complexity index is 505. The largest absolute Gasteiger partial charge is 0.271 e. The summed E-state index contributed by atoms with van der Waals surface area (Å²) in [4.78, 5) is 4.20. The van der Waals surface area contributed by atoms with Gasteiger partial charge in [-0.05, 0) is 25.0 Å². The summed E-state index contributed by atoms with van der Waals surface area (Å²) in [6, 6.07) is 3.58. The lowest BCUT2D eigenvalue weighted by molar-refractivity contribution is 0.582. The van der Waals surface area contributed by atoms with Gasteiger partial charge in [0.15, 0.2) is 0 Å². The Morgan fingerprint density at radius 2 is 2.21 bits per heavy atom. The lowest BCUT2D eigenvalue weighted by atomic mass is 10.2. The van der Waals surface area contributed by atoms with Crippen molar-refractivity contribution in [1.29, 1.82) is 0 Å². The van der Waals surface area contributed by atoms with Crippen molar-refractivity contribution in [3.05, 3.63) is 24.0 Å². The molecule has 1 saturated carbocycles. The average Bonchev–Trinajstić information content (AvgIpc) is 2.95. The molecule has 1 aromatic rings. The number of rotatable bonds is 0. The first kappa shape index (κ1) is 8.23. The normalized spacial score (nSPS) is 25.1. The standard InChI is InChI=1S/C9H10N2O2S/c1-11-7-3-2-6-10-8(7)9(4-5-9)14(11,12)13/h2-3,6H,4-5H2,1H3. The Labute approximate surface area is 82.6 Å². The van der Waals surface area contributed by atoms with E-state index >= 15 is 0 Å². The lowest BCUT2D eigenvalue weighted by Gasteiger charge is -2.12. The van der Waals surface area contributed by atoms with Crippen LogP contribution in [0.5, 0.6) is 0 Å². The summed E-state index contributed by atoms with van der Waals surface area (Å²) in [5.41, 5.74) is 1.48. The summed E-state index contributed by atoms with van der Waals surface area (Å²) in [5, 5.41) is 0. The molecule has 1 fully saturated rings. The summed E-state index contributed by atoms with van der Waals surface area (Å²) in [7, 11) is -1.58. The lowest BCUT2D eigenvalue weighted by Crippen LogP contribution is -2.28. The second kappa shape index (κ2) is 2.11. The van der Waals surface area contributed by atoms with Gasteiger partial charge >= 0.3 is 0 Å². The number of nitrogens with zero attached hydrogens (tertiary/aromatic N) is 2. The molecule has 0 unspecified atom stereocenters. The maximum atomic E-state index is 12.0. The van der Waals surface area contributed by atoms with Gasteiger partial charge in [-0.3, -0.25) is 9.29 Å². The SMILES string of the molecule is CN1c2cccnc2C2(CC2)S1(=O)=O. The Hall–Kier alpha value is -1.10. The molecule has 0 aromatic carbocycles. The highest BCUT2D eigenvalue weighted by Crippen LogP contribution is 2.60. The second-order valence-electron chi connectivity index (χ2n) is 3.84. The third-order valence-corrected chi connectivity index (χ3v) is 5.62. The summed E-state index contributed by atoms with van der Waals surface area (Å²) >= 11 is 0. The van der Waals surface area contributed by atoms with E-state index in [0.717, 1.165) is 11.4 Å². The van der Waals surface area contributed by atoms with E-state index in [1.807, 2.05) is 6.07 Å². The van der Waals surface area contributed by atoms with Gasteiger partial charge in [0, 0.05) is 13.2 Å². The molecule has 4 nitrogen and oxygen atoms in total. The molecule has 0 bridgehead atoms. The molecule has 1 aliphatic heterocycles. The van der Waals surface area contributed by atoms with Crippen LogP contribution in [0.3, 0.4) is 0 Å². The van der Waals surface area contributed by atoms with Gasteiger partial charge < -0.3 is 0 Å². The van der Waals surface area contributed by atoms with Crippen LogP contribution in [0.25, 0.3) is 0 Å². The molecule has 2 heterocycles. The highest BCUT2D eigenvalue weighted by molar-refractivity contribution is 7.94. The van der Waals surface area contributed by atoms with Crippen molar-refractivity contribution < 1.29 is 8.42 Å². The van der Waals surface area contributed by atoms with Crippen LogP contribution in [-0.2, 0) is 14.8 Å². The maximum absolute atomic E-state index is 12.0. The zero-order chi connectivity index (χ0) is 9.97. The fourth-order valence-corrected chi connectivity index (χ4v) is 4.07. The number of sulfonamides is 1. The Balaban J connectivity index is 2.37. The van der Waals surface area contributed by atoms with Crippen LogP contribution in [0.15, 0.2) is 18.3 Å². The zero-order valence-corrected chi connectivity index (χ0v) is 8.58. The van der Waals surface area contributed by atoms with Gasteiger partial charge in [-0.25, -0.2) is 8.42 Å². The van der Waals surface area contributed by atoms with Gasteiger partial charge in [-0.2, -0.15) is 0 Å². The molecule has 5 heteroatoms. The molecule has 0 atom stereocenters. The van der Waals surface area contributed by atoms with Gasteiger partial charge in [0.25, 0.3) is 0 Å². The number of hydrogen-bond acceptors (Lipinski definition) is 3. The summed E-state index contributed by atoms with van der Waals surface area (Å²) in [5.74, 6) is 0. The Morgan fingerprint density at radius 1 is 1.50 bits per heavy atom. The molecule has 0 N–H and O–H groups in total. The highest BCUT2D eigenvalue weighted by atomic mass is 32.2. The smallest absolute Gasteiger partial charge is 0.246 e. The van der Waals surface area contributed by atoms with Crippen molar-refractivity contribution in [1.82, 2.24) is 4.98 Å². The van der Waals surface area contributed by atoms with Crippen LogP contribution in [0.1, 0.15) is 18.5 Å². The molecule has 0 radical (unpaired) electrons. The highest BCUT2D eigenvalue weighted by Gasteiger charge is 2.64. The van der Waals surface area contributed by atoms with Gasteiger partial charge in [-0.15, -0.1) is 0 Å². The summed E-state index contributed by atoms with van der Waals surface area (Å²) in [6.45, 7) is 0. The van der Waals surface area contributed by atoms with Gasteiger partial charge in [0.1, 0.15) is 4.75 Å². The monoisotopic (exact) mass is 210 g/mol. The number of fused-ring (bicyclic) bond motifs is 2. The third-order valence-electron chi connectivity index (χ3n) is 3.12. The average molecular weight is 210 g/mol. The van der Waals surface area contributed by atoms with E-state index in [1.54, 1.807) is 19.3 Å².